The lowest BCUT2D eigenvalue weighted by Crippen LogP contribution is -2.25. The van der Waals surface area contributed by atoms with Crippen LogP contribution in [0.15, 0.2) is 48.5 Å². The molecule has 0 N–H and O–H groups in total. The van der Waals surface area contributed by atoms with Crippen molar-refractivity contribution in [2.75, 3.05) is 0 Å². The van der Waals surface area contributed by atoms with Gasteiger partial charge in [0.15, 0.2) is 0 Å². The Labute approximate surface area is 124 Å². The molecule has 0 saturated heterocycles. The van der Waals surface area contributed by atoms with Crippen LogP contribution in [0.1, 0.15) is 16.7 Å². The van der Waals surface area contributed by atoms with E-state index >= 15 is 0 Å². The highest BCUT2D eigenvalue weighted by Crippen LogP contribution is 2.28. The van der Waals surface area contributed by atoms with Crippen molar-refractivity contribution in [3.63, 3.8) is 0 Å². The molecule has 108 valence electrons. The Kier molecular flexibility index (Phi) is 4.54. The molecule has 2 aromatic carbocycles. The van der Waals surface area contributed by atoms with Crippen LogP contribution in [0.25, 0.3) is 0 Å². The quantitative estimate of drug-likeness (QED) is 0.555. The molecule has 0 saturated carbocycles. The Hall–Kier alpha value is -1.99. The van der Waals surface area contributed by atoms with Crippen LogP contribution >= 0.6 is 0 Å². The van der Waals surface area contributed by atoms with Gasteiger partial charge in [-0.15, -0.1) is 0 Å². The summed E-state index contributed by atoms with van der Waals surface area (Å²) < 4.78 is 37.4. The van der Waals surface area contributed by atoms with Gasteiger partial charge >= 0.3 is 6.18 Å². The van der Waals surface area contributed by atoms with Crippen molar-refractivity contribution in [1.82, 2.24) is 0 Å². The number of halogens is 3. The van der Waals surface area contributed by atoms with Crippen LogP contribution in [0.4, 0.5) is 13.2 Å². The molecule has 0 bridgehead atoms. The molecule has 0 radical (unpaired) electrons. The molecule has 0 spiro atoms. The molecule has 0 aliphatic carbocycles. The van der Waals surface area contributed by atoms with E-state index in [1.165, 1.54) is 17.3 Å². The average molecular weight is 304 g/mol. The van der Waals surface area contributed by atoms with E-state index in [9.17, 15) is 13.2 Å². The summed E-state index contributed by atoms with van der Waals surface area (Å²) in [5, 5.41) is 1.27. The minimum atomic E-state index is -4.30. The molecule has 4 heteroatoms. The predicted molar refractivity (Wildman–Crippen MR) is 82.4 cm³/mol. The van der Waals surface area contributed by atoms with Gasteiger partial charge in [0.05, 0.1) is 14.4 Å². The van der Waals surface area contributed by atoms with Crippen LogP contribution in [0.5, 0.6) is 0 Å². The Balaban J connectivity index is 2.28. The Morgan fingerprint density at radius 2 is 1.48 bits per heavy atom. The Bertz CT molecular complexity index is 674. The average Bonchev–Trinajstić information content (AvgIpc) is 2.45. The number of alkyl halides is 3. The third kappa shape index (κ3) is 3.99. The van der Waals surface area contributed by atoms with Crippen LogP contribution in [0.2, 0.25) is 13.1 Å². The van der Waals surface area contributed by atoms with Crippen LogP contribution in [-0.2, 0) is 6.18 Å². The van der Waals surface area contributed by atoms with Crippen LogP contribution in [-0.4, -0.2) is 8.80 Å². The van der Waals surface area contributed by atoms with Crippen LogP contribution in [0.3, 0.4) is 0 Å². The van der Waals surface area contributed by atoms with Crippen molar-refractivity contribution >= 4 is 14.0 Å². The van der Waals surface area contributed by atoms with Gasteiger partial charge in [0.1, 0.15) is 0 Å². The molecule has 0 nitrogen and oxygen atoms in total. The summed E-state index contributed by atoms with van der Waals surface area (Å²) in [5.41, 5.74) is 0.908. The largest absolute Gasteiger partial charge is 0.416 e. The van der Waals surface area contributed by atoms with Gasteiger partial charge in [0, 0.05) is 11.1 Å². The second-order valence-electron chi connectivity index (χ2n) is 5.07. The molecule has 2 rings (SSSR count). The topological polar surface area (TPSA) is 0 Å². The van der Waals surface area contributed by atoms with Crippen molar-refractivity contribution in [2.24, 2.45) is 0 Å². The van der Waals surface area contributed by atoms with E-state index in [0.29, 0.717) is 5.56 Å². The second kappa shape index (κ2) is 6.19. The highest BCUT2D eigenvalue weighted by atomic mass is 28.3. The minimum Gasteiger partial charge on any atom is -0.166 e. The van der Waals surface area contributed by atoms with Gasteiger partial charge in [0.2, 0.25) is 0 Å². The highest BCUT2D eigenvalue weighted by Gasteiger charge is 2.29. The van der Waals surface area contributed by atoms with Gasteiger partial charge in [-0.3, -0.25) is 0 Å². The lowest BCUT2D eigenvalue weighted by Gasteiger charge is -2.06. The van der Waals surface area contributed by atoms with E-state index in [2.05, 4.69) is 31.0 Å². The maximum atomic E-state index is 12.5. The Morgan fingerprint density at radius 1 is 0.857 bits per heavy atom. The highest BCUT2D eigenvalue weighted by molar-refractivity contribution is 6.71. The van der Waals surface area contributed by atoms with Crippen LogP contribution in [0, 0.1) is 11.8 Å². The van der Waals surface area contributed by atoms with E-state index in [1.54, 1.807) is 0 Å². The van der Waals surface area contributed by atoms with E-state index < -0.39 is 20.5 Å². The number of benzene rings is 2. The van der Waals surface area contributed by atoms with Crippen molar-refractivity contribution < 1.29 is 13.2 Å². The van der Waals surface area contributed by atoms with Crippen molar-refractivity contribution in [3.05, 3.63) is 65.2 Å². The molecule has 0 aliphatic rings. The first kappa shape index (κ1) is 15.4. The fraction of sp³-hybridized carbons (Fsp3) is 0.176. The number of hydrogen-bond donors (Lipinski definition) is 0. The third-order valence-corrected chi connectivity index (χ3v) is 4.88. The first-order valence-corrected chi connectivity index (χ1v) is 9.55. The summed E-state index contributed by atoms with van der Waals surface area (Å²) in [4.78, 5) is 0. The molecule has 2 aromatic rings. The maximum absolute atomic E-state index is 12.5. The maximum Gasteiger partial charge on any atom is 0.416 e. The van der Waals surface area contributed by atoms with Gasteiger partial charge in [-0.25, -0.2) is 0 Å². The van der Waals surface area contributed by atoms with Crippen molar-refractivity contribution in [2.45, 2.75) is 19.3 Å². The summed E-state index contributed by atoms with van der Waals surface area (Å²) in [5.74, 6) is 6.01. The van der Waals surface area contributed by atoms with E-state index in [0.717, 1.165) is 17.7 Å². The first-order valence-electron chi connectivity index (χ1n) is 6.66. The zero-order valence-electron chi connectivity index (χ0n) is 11.8. The summed E-state index contributed by atoms with van der Waals surface area (Å²) in [6.45, 7) is 4.44. The third-order valence-electron chi connectivity index (χ3n) is 3.14. The molecule has 21 heavy (non-hydrogen) atoms. The SMILES string of the molecule is C[SiH](C)c1ccccc1C#Cc1ccc(C(F)(F)F)cc1. The van der Waals surface area contributed by atoms with E-state index in [1.807, 2.05) is 18.2 Å². The van der Waals surface area contributed by atoms with Gasteiger partial charge in [-0.1, -0.05) is 43.1 Å². The number of hydrogen-bond acceptors (Lipinski definition) is 0. The second-order valence-corrected chi connectivity index (χ2v) is 8.00. The molecule has 0 aliphatic heterocycles. The van der Waals surface area contributed by atoms with Gasteiger partial charge < -0.3 is 0 Å². The summed E-state index contributed by atoms with van der Waals surface area (Å²) >= 11 is 0. The molecular formula is C17H15F3Si. The normalized spacial score (nSPS) is 11.1. The summed E-state index contributed by atoms with van der Waals surface area (Å²) in [7, 11) is -0.976. The molecule has 0 amide bonds. The number of rotatable bonds is 1. The van der Waals surface area contributed by atoms with Gasteiger partial charge in [-0.05, 0) is 35.5 Å². The minimum absolute atomic E-state index is 0.586. The molecule has 0 aromatic heterocycles. The molecular weight excluding hydrogens is 289 g/mol. The summed E-state index contributed by atoms with van der Waals surface area (Å²) in [6.07, 6.45) is -4.30. The molecule has 0 atom stereocenters. The van der Waals surface area contributed by atoms with Crippen molar-refractivity contribution in [1.29, 1.82) is 0 Å². The van der Waals surface area contributed by atoms with Crippen molar-refractivity contribution in [3.8, 4) is 11.8 Å². The fourth-order valence-electron chi connectivity index (χ4n) is 2.00. The monoisotopic (exact) mass is 304 g/mol. The lowest BCUT2D eigenvalue weighted by atomic mass is 10.1. The first-order chi connectivity index (χ1) is 9.88. The summed E-state index contributed by atoms with van der Waals surface area (Å²) in [6, 6.07) is 12.9. The molecule has 0 heterocycles. The van der Waals surface area contributed by atoms with Gasteiger partial charge in [-0.2, -0.15) is 13.2 Å². The standard InChI is InChI=1S/C17H15F3Si/c1-21(2)16-6-4-3-5-14(16)10-7-13-8-11-15(12-9-13)17(18,19)20/h3-6,8-9,11-12,21H,1-2H3. The van der Waals surface area contributed by atoms with Gasteiger partial charge in [0.25, 0.3) is 0 Å². The Morgan fingerprint density at radius 3 is 2.05 bits per heavy atom. The zero-order chi connectivity index (χ0) is 15.5. The smallest absolute Gasteiger partial charge is 0.166 e. The predicted octanol–water partition coefficient (Wildman–Crippen LogP) is 3.80. The lowest BCUT2D eigenvalue weighted by molar-refractivity contribution is -0.137. The fourth-order valence-corrected chi connectivity index (χ4v) is 3.28. The molecule has 0 unspecified atom stereocenters. The zero-order valence-corrected chi connectivity index (χ0v) is 13.0. The molecule has 0 fully saturated rings. The van der Waals surface area contributed by atoms with E-state index in [-0.39, 0.29) is 0 Å². The van der Waals surface area contributed by atoms with Crippen LogP contribution < -0.4 is 5.19 Å². The van der Waals surface area contributed by atoms with E-state index in [4.69, 9.17) is 0 Å².